The maximum absolute atomic E-state index is 10.9. The third-order valence-corrected chi connectivity index (χ3v) is 3.38. The van der Waals surface area contributed by atoms with Gasteiger partial charge in [0.15, 0.2) is 5.96 Å². The highest BCUT2D eigenvalue weighted by Crippen LogP contribution is 2.06. The normalized spacial score (nSPS) is 16.2. The van der Waals surface area contributed by atoms with Crippen molar-refractivity contribution >= 4 is 11.9 Å². The Labute approximate surface area is 121 Å². The van der Waals surface area contributed by atoms with Crippen molar-refractivity contribution in [3.05, 3.63) is 0 Å². The van der Waals surface area contributed by atoms with Crippen LogP contribution in [0.2, 0.25) is 0 Å². The second-order valence-electron chi connectivity index (χ2n) is 4.93. The highest BCUT2D eigenvalue weighted by atomic mass is 16.5. The largest absolute Gasteiger partial charge is 0.469 e. The number of rotatable bonds is 8. The summed E-state index contributed by atoms with van der Waals surface area (Å²) in [6.45, 7) is 3.92. The Morgan fingerprint density at radius 2 is 1.85 bits per heavy atom. The Kier molecular flexibility index (Phi) is 8.78. The fraction of sp³-hybridized carbons (Fsp3) is 0.857. The highest BCUT2D eigenvalue weighted by Gasteiger charge is 2.11. The van der Waals surface area contributed by atoms with Crippen molar-refractivity contribution < 1.29 is 14.3 Å². The summed E-state index contributed by atoms with van der Waals surface area (Å²) in [6.07, 6.45) is 5.80. The number of hydrogen-bond acceptors (Lipinski definition) is 4. The quantitative estimate of drug-likeness (QED) is 0.313. The van der Waals surface area contributed by atoms with Crippen LogP contribution in [0.25, 0.3) is 0 Å². The molecule has 0 amide bonds. The molecule has 6 heteroatoms. The van der Waals surface area contributed by atoms with E-state index in [4.69, 9.17) is 10.5 Å². The lowest BCUT2D eigenvalue weighted by Crippen LogP contribution is -2.44. The van der Waals surface area contributed by atoms with Gasteiger partial charge >= 0.3 is 5.97 Å². The van der Waals surface area contributed by atoms with E-state index in [1.807, 2.05) is 0 Å². The van der Waals surface area contributed by atoms with Crippen molar-refractivity contribution in [3.8, 4) is 0 Å². The van der Waals surface area contributed by atoms with Gasteiger partial charge in [-0.25, -0.2) is 0 Å². The van der Waals surface area contributed by atoms with Crippen LogP contribution in [0.1, 0.15) is 38.5 Å². The van der Waals surface area contributed by atoms with Crippen LogP contribution in [0.4, 0.5) is 0 Å². The van der Waals surface area contributed by atoms with Gasteiger partial charge in [0.1, 0.15) is 0 Å². The molecule has 0 atom stereocenters. The molecule has 1 aliphatic rings. The van der Waals surface area contributed by atoms with Crippen molar-refractivity contribution in [1.29, 1.82) is 0 Å². The minimum Gasteiger partial charge on any atom is -0.469 e. The van der Waals surface area contributed by atoms with Crippen LogP contribution in [0.3, 0.4) is 0 Å². The van der Waals surface area contributed by atoms with E-state index in [1.165, 1.54) is 7.11 Å². The first kappa shape index (κ1) is 16.8. The lowest BCUT2D eigenvalue weighted by molar-refractivity contribution is -0.140. The predicted molar refractivity (Wildman–Crippen MR) is 78.6 cm³/mol. The van der Waals surface area contributed by atoms with Crippen LogP contribution in [-0.2, 0) is 14.3 Å². The molecule has 1 fully saturated rings. The zero-order chi connectivity index (χ0) is 14.6. The van der Waals surface area contributed by atoms with Gasteiger partial charge in [-0.05, 0) is 12.8 Å². The molecule has 2 N–H and O–H groups in total. The van der Waals surface area contributed by atoms with Crippen LogP contribution in [-0.4, -0.2) is 56.8 Å². The van der Waals surface area contributed by atoms with E-state index in [0.29, 0.717) is 12.4 Å². The van der Waals surface area contributed by atoms with Gasteiger partial charge in [0.25, 0.3) is 0 Å². The third kappa shape index (κ3) is 7.33. The molecule has 0 aliphatic carbocycles. The lowest BCUT2D eigenvalue weighted by atomic mass is 10.1. The minimum absolute atomic E-state index is 0.118. The summed E-state index contributed by atoms with van der Waals surface area (Å²) in [5.41, 5.74) is 5.93. The summed E-state index contributed by atoms with van der Waals surface area (Å²) in [6, 6.07) is 0. The van der Waals surface area contributed by atoms with Crippen LogP contribution in [0, 0.1) is 0 Å². The van der Waals surface area contributed by atoms with E-state index in [9.17, 15) is 4.79 Å². The molecular weight excluding hydrogens is 258 g/mol. The Balaban J connectivity index is 1.96. The summed E-state index contributed by atoms with van der Waals surface area (Å²) in [5, 5.41) is 0. The lowest BCUT2D eigenvalue weighted by Gasteiger charge is -2.27. The summed E-state index contributed by atoms with van der Waals surface area (Å²) in [5.74, 6) is 0.520. The molecule has 20 heavy (non-hydrogen) atoms. The number of nitrogens with zero attached hydrogens (tertiary/aromatic N) is 2. The van der Waals surface area contributed by atoms with Crippen LogP contribution in [0.15, 0.2) is 4.99 Å². The molecule has 1 heterocycles. The molecule has 0 unspecified atom stereocenters. The molecule has 0 aromatic heterocycles. The minimum atomic E-state index is -0.118. The number of aliphatic imine (C=N–C) groups is 1. The Morgan fingerprint density at radius 3 is 2.55 bits per heavy atom. The number of carbonyl (C=O) groups is 1. The first-order valence-electron chi connectivity index (χ1n) is 7.43. The maximum Gasteiger partial charge on any atom is 0.305 e. The number of ether oxygens (including phenoxy) is 2. The SMILES string of the molecule is COC(=O)CCCCCCCN=C(N)N1CCOCC1. The van der Waals surface area contributed by atoms with E-state index < -0.39 is 0 Å². The third-order valence-electron chi connectivity index (χ3n) is 3.38. The summed E-state index contributed by atoms with van der Waals surface area (Å²) in [7, 11) is 1.43. The van der Waals surface area contributed by atoms with Crippen molar-refractivity contribution in [2.45, 2.75) is 38.5 Å². The van der Waals surface area contributed by atoms with Crippen LogP contribution < -0.4 is 5.73 Å². The highest BCUT2D eigenvalue weighted by molar-refractivity contribution is 5.78. The van der Waals surface area contributed by atoms with Gasteiger partial charge in [0, 0.05) is 26.1 Å². The molecule has 0 bridgehead atoms. The van der Waals surface area contributed by atoms with E-state index >= 15 is 0 Å². The van der Waals surface area contributed by atoms with Gasteiger partial charge in [-0.3, -0.25) is 9.79 Å². The molecule has 1 saturated heterocycles. The molecule has 0 saturated carbocycles. The monoisotopic (exact) mass is 285 g/mol. The second-order valence-corrected chi connectivity index (χ2v) is 4.93. The summed E-state index contributed by atoms with van der Waals surface area (Å²) >= 11 is 0. The first-order chi connectivity index (χ1) is 9.74. The zero-order valence-electron chi connectivity index (χ0n) is 12.5. The molecule has 0 radical (unpaired) electrons. The smallest absolute Gasteiger partial charge is 0.305 e. The summed E-state index contributed by atoms with van der Waals surface area (Å²) in [4.78, 5) is 17.4. The average molecular weight is 285 g/mol. The molecule has 116 valence electrons. The van der Waals surface area contributed by atoms with E-state index in [-0.39, 0.29) is 5.97 Å². The Hall–Kier alpha value is -1.30. The van der Waals surface area contributed by atoms with Gasteiger partial charge < -0.3 is 20.1 Å². The maximum atomic E-state index is 10.9. The zero-order valence-corrected chi connectivity index (χ0v) is 12.5. The van der Waals surface area contributed by atoms with E-state index in [1.54, 1.807) is 0 Å². The van der Waals surface area contributed by atoms with Gasteiger partial charge in [-0.1, -0.05) is 19.3 Å². The number of unbranched alkanes of at least 4 members (excludes halogenated alkanes) is 4. The molecule has 0 aromatic carbocycles. The fourth-order valence-electron chi connectivity index (χ4n) is 2.10. The van der Waals surface area contributed by atoms with Gasteiger partial charge in [0.2, 0.25) is 0 Å². The number of guanidine groups is 1. The molecule has 6 nitrogen and oxygen atoms in total. The van der Waals surface area contributed by atoms with Crippen molar-refractivity contribution in [1.82, 2.24) is 4.90 Å². The summed E-state index contributed by atoms with van der Waals surface area (Å²) < 4.78 is 9.87. The molecule has 0 aromatic rings. The predicted octanol–water partition coefficient (Wildman–Crippen LogP) is 1.15. The average Bonchev–Trinajstić information content (AvgIpc) is 2.50. The molecule has 0 spiro atoms. The van der Waals surface area contributed by atoms with Crippen molar-refractivity contribution in [2.24, 2.45) is 10.7 Å². The van der Waals surface area contributed by atoms with Crippen molar-refractivity contribution in [2.75, 3.05) is 40.0 Å². The number of hydrogen-bond donors (Lipinski definition) is 1. The standard InChI is InChI=1S/C14H27N3O3/c1-19-13(18)7-5-3-2-4-6-8-16-14(15)17-9-11-20-12-10-17/h2-12H2,1H3,(H2,15,16). The topological polar surface area (TPSA) is 77.1 Å². The molecular formula is C14H27N3O3. The van der Waals surface area contributed by atoms with Crippen LogP contribution in [0.5, 0.6) is 0 Å². The van der Waals surface area contributed by atoms with Crippen molar-refractivity contribution in [3.63, 3.8) is 0 Å². The number of carbonyl (C=O) groups excluding carboxylic acids is 1. The number of esters is 1. The van der Waals surface area contributed by atoms with E-state index in [2.05, 4.69) is 14.6 Å². The number of methoxy groups -OCH3 is 1. The molecule has 1 rings (SSSR count). The van der Waals surface area contributed by atoms with Gasteiger partial charge in [0.05, 0.1) is 20.3 Å². The van der Waals surface area contributed by atoms with Gasteiger partial charge in [-0.15, -0.1) is 0 Å². The van der Waals surface area contributed by atoms with E-state index in [0.717, 1.165) is 65.0 Å². The number of morpholine rings is 1. The Morgan fingerprint density at radius 1 is 1.20 bits per heavy atom. The molecule has 1 aliphatic heterocycles. The number of nitrogens with two attached hydrogens (primary N) is 1. The Bertz CT molecular complexity index is 302. The van der Waals surface area contributed by atoms with Crippen LogP contribution >= 0.6 is 0 Å². The van der Waals surface area contributed by atoms with Gasteiger partial charge in [-0.2, -0.15) is 0 Å². The second kappa shape index (κ2) is 10.5. The fourth-order valence-corrected chi connectivity index (χ4v) is 2.10. The first-order valence-corrected chi connectivity index (χ1v) is 7.43.